The molecule has 2 unspecified atom stereocenters. The Balaban J connectivity index is 2.09. The molecule has 17 heavy (non-hydrogen) atoms. The number of nitrogens with one attached hydrogen (secondary N) is 1. The second kappa shape index (κ2) is 6.21. The van der Waals surface area contributed by atoms with Gasteiger partial charge in [-0.3, -0.25) is 0 Å². The molecule has 0 bridgehead atoms. The quantitative estimate of drug-likeness (QED) is 0.910. The largest absolute Gasteiger partial charge is 0.316 e. The number of rotatable bonds is 4. The van der Waals surface area contributed by atoms with Crippen molar-refractivity contribution >= 4 is 27.7 Å². The summed E-state index contributed by atoms with van der Waals surface area (Å²) in [4.78, 5) is 0. The molecule has 1 N–H and O–H groups in total. The molecule has 1 nitrogen and oxygen atoms in total. The molecule has 1 aromatic rings. The van der Waals surface area contributed by atoms with Gasteiger partial charge < -0.3 is 5.32 Å². The zero-order valence-electron chi connectivity index (χ0n) is 9.88. The summed E-state index contributed by atoms with van der Waals surface area (Å²) in [6.45, 7) is 0. The molecule has 0 aliphatic carbocycles. The molecule has 2 rings (SSSR count). The number of thioether (sulfide) groups is 1. The molecule has 0 radical (unpaired) electrons. The Bertz CT molecular complexity index is 380. The maximum absolute atomic E-state index is 13.2. The van der Waals surface area contributed by atoms with Crippen LogP contribution in [0, 0.1) is 5.82 Å². The average molecular weight is 318 g/mol. The van der Waals surface area contributed by atoms with Crippen molar-refractivity contribution < 1.29 is 4.39 Å². The van der Waals surface area contributed by atoms with Gasteiger partial charge in [-0.1, -0.05) is 15.9 Å². The summed E-state index contributed by atoms with van der Waals surface area (Å²) in [6, 6.07) is 5.35. The van der Waals surface area contributed by atoms with Crippen LogP contribution in [0.4, 0.5) is 4.39 Å². The molecule has 0 saturated carbocycles. The molecule has 0 aromatic heterocycles. The molecule has 1 aliphatic rings. The summed E-state index contributed by atoms with van der Waals surface area (Å²) >= 11 is 5.53. The third-order valence-electron chi connectivity index (χ3n) is 3.23. The Morgan fingerprint density at radius 2 is 2.41 bits per heavy atom. The van der Waals surface area contributed by atoms with Gasteiger partial charge in [0.25, 0.3) is 0 Å². The highest BCUT2D eigenvalue weighted by Gasteiger charge is 2.25. The van der Waals surface area contributed by atoms with Crippen molar-refractivity contribution in [2.75, 3.05) is 12.8 Å². The van der Waals surface area contributed by atoms with Crippen LogP contribution in [-0.4, -0.2) is 24.1 Å². The van der Waals surface area contributed by atoms with Gasteiger partial charge in [0, 0.05) is 15.8 Å². The molecule has 1 saturated heterocycles. The third kappa shape index (κ3) is 3.46. The summed E-state index contributed by atoms with van der Waals surface area (Å²) in [5.74, 6) is 1.10. The lowest BCUT2D eigenvalue weighted by atomic mass is 10.0. The minimum absolute atomic E-state index is 0.155. The van der Waals surface area contributed by atoms with Crippen LogP contribution in [0.2, 0.25) is 0 Å². The van der Waals surface area contributed by atoms with Crippen LogP contribution in [0.15, 0.2) is 22.7 Å². The number of likely N-dealkylation sites (N-methyl/N-ethyl adjacent to an activating group) is 1. The number of halogens is 2. The summed E-state index contributed by atoms with van der Waals surface area (Å²) in [6.07, 6.45) is 3.45. The van der Waals surface area contributed by atoms with Crippen molar-refractivity contribution in [1.82, 2.24) is 5.32 Å². The van der Waals surface area contributed by atoms with Crippen LogP contribution in [-0.2, 0) is 6.42 Å². The first-order valence-electron chi connectivity index (χ1n) is 5.93. The average Bonchev–Trinajstić information content (AvgIpc) is 2.84. The van der Waals surface area contributed by atoms with Gasteiger partial charge in [0.2, 0.25) is 0 Å². The van der Waals surface area contributed by atoms with Gasteiger partial charge in [0.1, 0.15) is 5.82 Å². The van der Waals surface area contributed by atoms with Gasteiger partial charge in [0.15, 0.2) is 0 Å². The van der Waals surface area contributed by atoms with Crippen molar-refractivity contribution in [2.24, 2.45) is 0 Å². The minimum Gasteiger partial charge on any atom is -0.316 e. The Morgan fingerprint density at radius 3 is 3.06 bits per heavy atom. The Morgan fingerprint density at radius 1 is 1.59 bits per heavy atom. The van der Waals surface area contributed by atoms with E-state index in [2.05, 4.69) is 21.2 Å². The standard InChI is InChI=1S/C13H17BrFNS/c1-16-12(13-3-2-6-17-13)8-9-7-10(15)4-5-11(9)14/h4-5,7,12-13,16H,2-3,6,8H2,1H3. The highest BCUT2D eigenvalue weighted by Crippen LogP contribution is 2.31. The molecular weight excluding hydrogens is 301 g/mol. The smallest absolute Gasteiger partial charge is 0.123 e. The summed E-state index contributed by atoms with van der Waals surface area (Å²) < 4.78 is 14.2. The fraction of sp³-hybridized carbons (Fsp3) is 0.538. The summed E-state index contributed by atoms with van der Waals surface area (Å²) in [5, 5.41) is 4.04. The predicted octanol–water partition coefficient (Wildman–Crippen LogP) is 3.61. The van der Waals surface area contributed by atoms with E-state index in [0.29, 0.717) is 11.3 Å². The van der Waals surface area contributed by atoms with Crippen LogP contribution in [0.1, 0.15) is 18.4 Å². The second-order valence-corrected chi connectivity index (χ2v) is 6.59. The fourth-order valence-electron chi connectivity index (χ4n) is 2.28. The van der Waals surface area contributed by atoms with Gasteiger partial charge in [0.05, 0.1) is 0 Å². The van der Waals surface area contributed by atoms with E-state index < -0.39 is 0 Å². The zero-order chi connectivity index (χ0) is 12.3. The molecular formula is C13H17BrFNS. The topological polar surface area (TPSA) is 12.0 Å². The van der Waals surface area contributed by atoms with E-state index in [1.54, 1.807) is 12.1 Å². The first-order valence-corrected chi connectivity index (χ1v) is 7.77. The van der Waals surface area contributed by atoms with Gasteiger partial charge in [-0.25, -0.2) is 4.39 Å². The Labute approximate surface area is 115 Å². The van der Waals surface area contributed by atoms with Crippen LogP contribution in [0.3, 0.4) is 0 Å². The Hall–Kier alpha value is -0.0600. The maximum Gasteiger partial charge on any atom is 0.123 e. The normalized spacial score (nSPS) is 21.7. The van der Waals surface area contributed by atoms with Crippen LogP contribution in [0.5, 0.6) is 0 Å². The number of benzene rings is 1. The first kappa shape index (κ1) is 13.4. The van der Waals surface area contributed by atoms with E-state index in [1.807, 2.05) is 18.8 Å². The molecule has 1 fully saturated rings. The van der Waals surface area contributed by atoms with Crippen LogP contribution < -0.4 is 5.32 Å². The van der Waals surface area contributed by atoms with E-state index >= 15 is 0 Å². The molecule has 0 spiro atoms. The second-order valence-electron chi connectivity index (χ2n) is 4.39. The number of hydrogen-bond acceptors (Lipinski definition) is 2. The van der Waals surface area contributed by atoms with Gasteiger partial charge >= 0.3 is 0 Å². The minimum atomic E-state index is -0.155. The fourth-order valence-corrected chi connectivity index (χ4v) is 4.12. The van der Waals surface area contributed by atoms with E-state index in [4.69, 9.17) is 0 Å². The third-order valence-corrected chi connectivity index (χ3v) is 5.52. The molecule has 1 aliphatic heterocycles. The first-order chi connectivity index (χ1) is 8.20. The van der Waals surface area contributed by atoms with E-state index in [0.717, 1.165) is 16.5 Å². The molecule has 1 heterocycles. The van der Waals surface area contributed by atoms with Crippen molar-refractivity contribution in [3.8, 4) is 0 Å². The van der Waals surface area contributed by atoms with Gasteiger partial charge in [-0.2, -0.15) is 11.8 Å². The van der Waals surface area contributed by atoms with Crippen molar-refractivity contribution in [1.29, 1.82) is 0 Å². The molecule has 0 amide bonds. The SMILES string of the molecule is CNC(Cc1cc(F)ccc1Br)C1CCCS1. The zero-order valence-corrected chi connectivity index (χ0v) is 12.3. The maximum atomic E-state index is 13.2. The summed E-state index contributed by atoms with van der Waals surface area (Å²) in [5.41, 5.74) is 1.05. The van der Waals surface area contributed by atoms with E-state index in [-0.39, 0.29) is 5.82 Å². The van der Waals surface area contributed by atoms with Crippen LogP contribution >= 0.6 is 27.7 Å². The number of hydrogen-bond donors (Lipinski definition) is 1. The van der Waals surface area contributed by atoms with Gasteiger partial charge in [-0.15, -0.1) is 0 Å². The Kier molecular flexibility index (Phi) is 4.88. The van der Waals surface area contributed by atoms with Crippen molar-refractivity contribution in [2.45, 2.75) is 30.6 Å². The van der Waals surface area contributed by atoms with Crippen molar-refractivity contribution in [3.05, 3.63) is 34.1 Å². The lowest BCUT2D eigenvalue weighted by Crippen LogP contribution is -2.36. The van der Waals surface area contributed by atoms with E-state index in [9.17, 15) is 4.39 Å². The molecule has 4 heteroatoms. The lowest BCUT2D eigenvalue weighted by Gasteiger charge is -2.22. The van der Waals surface area contributed by atoms with Gasteiger partial charge in [-0.05, 0) is 55.8 Å². The molecule has 1 aromatic carbocycles. The highest BCUT2D eigenvalue weighted by atomic mass is 79.9. The van der Waals surface area contributed by atoms with Crippen LogP contribution in [0.25, 0.3) is 0 Å². The highest BCUT2D eigenvalue weighted by molar-refractivity contribution is 9.10. The molecule has 94 valence electrons. The lowest BCUT2D eigenvalue weighted by molar-refractivity contribution is 0.521. The molecule has 2 atom stereocenters. The van der Waals surface area contributed by atoms with E-state index in [1.165, 1.54) is 24.7 Å². The monoisotopic (exact) mass is 317 g/mol. The predicted molar refractivity (Wildman–Crippen MR) is 76.1 cm³/mol. The van der Waals surface area contributed by atoms with Crippen molar-refractivity contribution in [3.63, 3.8) is 0 Å². The summed E-state index contributed by atoms with van der Waals surface area (Å²) in [7, 11) is 2.00.